The van der Waals surface area contributed by atoms with Gasteiger partial charge in [0.25, 0.3) is 0 Å². The van der Waals surface area contributed by atoms with Crippen molar-refractivity contribution in [2.24, 2.45) is 0 Å². The fourth-order valence-electron chi connectivity index (χ4n) is 1.90. The Balaban J connectivity index is 1.91. The Morgan fingerprint density at radius 3 is 2.85 bits per heavy atom. The van der Waals surface area contributed by atoms with Crippen molar-refractivity contribution < 1.29 is 14.4 Å². The molecular formula is C13H16N4O3. The molecule has 7 heteroatoms. The summed E-state index contributed by atoms with van der Waals surface area (Å²) in [6.45, 7) is 1.87. The van der Waals surface area contributed by atoms with E-state index in [-0.39, 0.29) is 31.3 Å². The zero-order valence-corrected chi connectivity index (χ0v) is 11.1. The third-order valence-electron chi connectivity index (χ3n) is 3.15. The van der Waals surface area contributed by atoms with Gasteiger partial charge in [-0.15, -0.1) is 0 Å². The number of rotatable bonds is 4. The van der Waals surface area contributed by atoms with Crippen molar-refractivity contribution >= 4 is 29.2 Å². The molecule has 0 atom stereocenters. The molecule has 1 aliphatic heterocycles. The Labute approximate surface area is 116 Å². The lowest BCUT2D eigenvalue weighted by Crippen LogP contribution is -2.33. The molecule has 0 unspecified atom stereocenters. The highest BCUT2D eigenvalue weighted by atomic mass is 16.2. The molecule has 106 valence electrons. The van der Waals surface area contributed by atoms with Crippen LogP contribution in [0.25, 0.3) is 0 Å². The number of carbonyl (C=O) groups excluding carboxylic acids is 3. The third kappa shape index (κ3) is 2.87. The van der Waals surface area contributed by atoms with Crippen molar-refractivity contribution in [1.82, 2.24) is 10.2 Å². The van der Waals surface area contributed by atoms with Crippen LogP contribution >= 0.6 is 0 Å². The van der Waals surface area contributed by atoms with Crippen LogP contribution in [0.3, 0.4) is 0 Å². The molecule has 0 spiro atoms. The maximum Gasteiger partial charge on any atom is 0.324 e. The van der Waals surface area contributed by atoms with E-state index in [1.807, 2.05) is 6.92 Å². The predicted octanol–water partition coefficient (Wildman–Crippen LogP) is 0.458. The lowest BCUT2D eigenvalue weighted by Gasteiger charge is -2.13. The van der Waals surface area contributed by atoms with Crippen LogP contribution in [-0.4, -0.2) is 35.8 Å². The molecule has 2 rings (SSSR count). The number of urea groups is 1. The summed E-state index contributed by atoms with van der Waals surface area (Å²) in [6, 6.07) is 4.79. The van der Waals surface area contributed by atoms with E-state index in [2.05, 4.69) is 10.6 Å². The summed E-state index contributed by atoms with van der Waals surface area (Å²) < 4.78 is 0. The smallest absolute Gasteiger partial charge is 0.324 e. The van der Waals surface area contributed by atoms with Gasteiger partial charge in [0.15, 0.2) is 0 Å². The van der Waals surface area contributed by atoms with E-state index in [9.17, 15) is 14.4 Å². The minimum Gasteiger partial charge on any atom is -0.398 e. The molecular weight excluding hydrogens is 260 g/mol. The highest BCUT2D eigenvalue weighted by Crippen LogP contribution is 2.20. The van der Waals surface area contributed by atoms with Crippen molar-refractivity contribution in [3.8, 4) is 0 Å². The van der Waals surface area contributed by atoms with E-state index in [4.69, 9.17) is 5.73 Å². The number of hydrogen-bond acceptors (Lipinski definition) is 4. The monoisotopic (exact) mass is 276 g/mol. The Hall–Kier alpha value is -2.57. The molecule has 0 aliphatic carbocycles. The molecule has 0 aromatic heterocycles. The second-order valence-electron chi connectivity index (χ2n) is 4.52. The van der Waals surface area contributed by atoms with Crippen molar-refractivity contribution in [2.45, 2.75) is 13.3 Å². The second-order valence-corrected chi connectivity index (χ2v) is 4.52. The summed E-state index contributed by atoms with van der Waals surface area (Å²) in [5, 5.41) is 5.11. The minimum absolute atomic E-state index is 0.00518. The van der Waals surface area contributed by atoms with E-state index in [1.54, 1.807) is 18.2 Å². The average Bonchev–Trinajstić information content (AvgIpc) is 2.72. The van der Waals surface area contributed by atoms with Crippen LogP contribution in [0.1, 0.15) is 12.0 Å². The van der Waals surface area contributed by atoms with E-state index >= 15 is 0 Å². The minimum atomic E-state index is -0.456. The summed E-state index contributed by atoms with van der Waals surface area (Å²) in [6.07, 6.45) is 0.0490. The normalized spacial score (nSPS) is 14.3. The SMILES string of the molecule is Cc1c(N)cccc1NC(=O)CCN1C(=O)CNC1=O. The Kier molecular flexibility index (Phi) is 3.88. The Morgan fingerprint density at radius 1 is 1.45 bits per heavy atom. The van der Waals surface area contributed by atoms with Gasteiger partial charge in [-0.3, -0.25) is 14.5 Å². The second kappa shape index (κ2) is 5.60. The first kappa shape index (κ1) is 13.9. The molecule has 1 aromatic carbocycles. The molecule has 1 aliphatic rings. The molecule has 4 amide bonds. The Bertz CT molecular complexity index is 555. The number of carbonyl (C=O) groups is 3. The molecule has 1 heterocycles. The van der Waals surface area contributed by atoms with Crippen LogP contribution in [0.4, 0.5) is 16.2 Å². The largest absolute Gasteiger partial charge is 0.398 e. The molecule has 7 nitrogen and oxygen atoms in total. The van der Waals surface area contributed by atoms with Gasteiger partial charge in [-0.25, -0.2) is 4.79 Å². The van der Waals surface area contributed by atoms with Gasteiger partial charge in [0.2, 0.25) is 11.8 Å². The van der Waals surface area contributed by atoms with E-state index < -0.39 is 6.03 Å². The number of imide groups is 1. The van der Waals surface area contributed by atoms with Crippen molar-refractivity contribution in [3.05, 3.63) is 23.8 Å². The summed E-state index contributed by atoms with van der Waals surface area (Å²) in [4.78, 5) is 35.5. The van der Waals surface area contributed by atoms with Gasteiger partial charge in [-0.2, -0.15) is 0 Å². The highest BCUT2D eigenvalue weighted by molar-refractivity contribution is 6.02. The predicted molar refractivity (Wildman–Crippen MR) is 73.9 cm³/mol. The molecule has 4 N–H and O–H groups in total. The molecule has 0 bridgehead atoms. The fourth-order valence-corrected chi connectivity index (χ4v) is 1.90. The van der Waals surface area contributed by atoms with Crippen LogP contribution < -0.4 is 16.4 Å². The van der Waals surface area contributed by atoms with Gasteiger partial charge >= 0.3 is 6.03 Å². The number of nitrogen functional groups attached to an aromatic ring is 1. The number of benzene rings is 1. The quantitative estimate of drug-likeness (QED) is 0.548. The van der Waals surface area contributed by atoms with Gasteiger partial charge in [0.05, 0.1) is 6.54 Å². The third-order valence-corrected chi connectivity index (χ3v) is 3.15. The zero-order chi connectivity index (χ0) is 14.7. The summed E-state index contributed by atoms with van der Waals surface area (Å²) in [5.41, 5.74) is 7.76. The van der Waals surface area contributed by atoms with Crippen LogP contribution in [0.2, 0.25) is 0 Å². The van der Waals surface area contributed by atoms with E-state index in [1.165, 1.54) is 0 Å². The number of nitrogens with zero attached hydrogens (tertiary/aromatic N) is 1. The van der Waals surface area contributed by atoms with Gasteiger partial charge < -0.3 is 16.4 Å². The summed E-state index contributed by atoms with van der Waals surface area (Å²) in [5.74, 6) is -0.589. The molecule has 20 heavy (non-hydrogen) atoms. The topological polar surface area (TPSA) is 105 Å². The maximum atomic E-state index is 11.8. The molecule has 0 radical (unpaired) electrons. The van der Waals surface area contributed by atoms with E-state index in [0.29, 0.717) is 11.4 Å². The average molecular weight is 276 g/mol. The van der Waals surface area contributed by atoms with Crippen LogP contribution in [0.15, 0.2) is 18.2 Å². The Morgan fingerprint density at radius 2 is 2.20 bits per heavy atom. The first-order valence-electron chi connectivity index (χ1n) is 6.22. The first-order chi connectivity index (χ1) is 9.49. The van der Waals surface area contributed by atoms with Crippen LogP contribution in [0.5, 0.6) is 0 Å². The number of hydrogen-bond donors (Lipinski definition) is 3. The zero-order valence-electron chi connectivity index (χ0n) is 11.1. The summed E-state index contributed by atoms with van der Waals surface area (Å²) in [7, 11) is 0. The van der Waals surface area contributed by atoms with Crippen molar-refractivity contribution in [2.75, 3.05) is 24.1 Å². The van der Waals surface area contributed by atoms with Gasteiger partial charge in [0, 0.05) is 24.3 Å². The fraction of sp³-hybridized carbons (Fsp3) is 0.308. The van der Waals surface area contributed by atoms with Crippen molar-refractivity contribution in [3.63, 3.8) is 0 Å². The number of nitrogens with two attached hydrogens (primary N) is 1. The lowest BCUT2D eigenvalue weighted by atomic mass is 10.1. The maximum absolute atomic E-state index is 11.8. The molecule has 1 fully saturated rings. The van der Waals surface area contributed by atoms with Crippen LogP contribution in [0, 0.1) is 6.92 Å². The summed E-state index contributed by atoms with van der Waals surface area (Å²) >= 11 is 0. The standard InChI is InChI=1S/C13H16N4O3/c1-8-9(14)3-2-4-10(8)16-11(18)5-6-17-12(19)7-15-13(17)20/h2-4H,5-7,14H2,1H3,(H,15,20)(H,16,18). The molecule has 1 saturated heterocycles. The first-order valence-corrected chi connectivity index (χ1v) is 6.22. The van der Waals surface area contributed by atoms with Crippen molar-refractivity contribution in [1.29, 1.82) is 0 Å². The molecule has 1 aromatic rings. The molecule has 0 saturated carbocycles. The van der Waals surface area contributed by atoms with E-state index in [0.717, 1.165) is 10.5 Å². The number of nitrogens with one attached hydrogen (secondary N) is 2. The highest BCUT2D eigenvalue weighted by Gasteiger charge is 2.28. The lowest BCUT2D eigenvalue weighted by molar-refractivity contribution is -0.125. The van der Waals surface area contributed by atoms with Gasteiger partial charge in [-0.05, 0) is 24.6 Å². The number of amides is 4. The number of anilines is 2. The van der Waals surface area contributed by atoms with Gasteiger partial charge in [0.1, 0.15) is 0 Å². The van der Waals surface area contributed by atoms with Crippen LogP contribution in [-0.2, 0) is 9.59 Å². The van der Waals surface area contributed by atoms with Gasteiger partial charge in [-0.1, -0.05) is 6.07 Å².